The van der Waals surface area contributed by atoms with E-state index in [2.05, 4.69) is 30.3 Å². The van der Waals surface area contributed by atoms with Crippen molar-refractivity contribution in [2.75, 3.05) is 23.5 Å². The van der Waals surface area contributed by atoms with Crippen LogP contribution in [0.15, 0.2) is 34.7 Å². The lowest BCUT2D eigenvalue weighted by molar-refractivity contribution is 0.186. The van der Waals surface area contributed by atoms with Crippen molar-refractivity contribution in [3.8, 4) is 0 Å². The Labute approximate surface area is 130 Å². The Bertz CT molecular complexity index is 833. The fourth-order valence-corrected chi connectivity index (χ4v) is 1.94. The van der Waals surface area contributed by atoms with Crippen LogP contribution in [0.1, 0.15) is 5.56 Å². The second kappa shape index (κ2) is 6.18. The quantitative estimate of drug-likeness (QED) is 0.667. The second-order valence-corrected chi connectivity index (χ2v) is 4.56. The molecule has 0 saturated carbocycles. The van der Waals surface area contributed by atoms with Crippen LogP contribution in [0.5, 0.6) is 0 Å². The summed E-state index contributed by atoms with van der Waals surface area (Å²) in [5, 5.41) is 5.45. The van der Waals surface area contributed by atoms with Gasteiger partial charge in [0.15, 0.2) is 11.3 Å². The molecule has 23 heavy (non-hydrogen) atoms. The van der Waals surface area contributed by atoms with Gasteiger partial charge in [-0.3, -0.25) is 0 Å². The minimum absolute atomic E-state index is 0.0360. The normalized spacial score (nSPS) is 10.5. The highest BCUT2D eigenvalue weighted by Gasteiger charge is 2.15. The van der Waals surface area contributed by atoms with Gasteiger partial charge in [-0.2, -0.15) is 15.0 Å². The molecule has 0 saturated heterocycles. The molecular weight excluding hydrogens is 300 g/mol. The van der Waals surface area contributed by atoms with Crippen LogP contribution in [0.3, 0.4) is 0 Å². The standard InChI is InChI=1S/C14H14N6O3/c1-22-14(21)20-13-17-9-10(18-12(15)19-11(9)23-13)16-7-8-5-3-2-4-6-8/h2-6H,7H2,1H3,(H,17,20,21)(H3,15,16,18,19). The topological polar surface area (TPSA) is 128 Å². The highest BCUT2D eigenvalue weighted by atomic mass is 16.5. The molecule has 0 radical (unpaired) electrons. The number of benzene rings is 1. The maximum atomic E-state index is 11.2. The van der Waals surface area contributed by atoms with Crippen molar-refractivity contribution in [1.29, 1.82) is 0 Å². The summed E-state index contributed by atoms with van der Waals surface area (Å²) in [7, 11) is 1.24. The Morgan fingerprint density at radius 1 is 1.26 bits per heavy atom. The molecule has 0 bridgehead atoms. The summed E-state index contributed by atoms with van der Waals surface area (Å²) in [5.41, 5.74) is 7.26. The molecule has 3 rings (SSSR count). The number of oxazole rings is 1. The third kappa shape index (κ3) is 3.28. The number of amides is 1. The first-order valence-corrected chi connectivity index (χ1v) is 6.72. The minimum Gasteiger partial charge on any atom is -0.453 e. The van der Waals surface area contributed by atoms with Crippen LogP contribution >= 0.6 is 0 Å². The number of nitrogen functional groups attached to an aromatic ring is 1. The average molecular weight is 314 g/mol. The summed E-state index contributed by atoms with van der Waals surface area (Å²) in [6.07, 6.45) is -0.698. The molecule has 3 aromatic rings. The third-order valence-corrected chi connectivity index (χ3v) is 2.97. The van der Waals surface area contributed by atoms with Crippen LogP contribution in [0.4, 0.5) is 22.6 Å². The summed E-state index contributed by atoms with van der Waals surface area (Å²) < 4.78 is 9.80. The minimum atomic E-state index is -0.698. The van der Waals surface area contributed by atoms with E-state index >= 15 is 0 Å². The number of hydrogen-bond acceptors (Lipinski definition) is 8. The summed E-state index contributed by atoms with van der Waals surface area (Å²) in [6, 6.07) is 9.72. The first kappa shape index (κ1) is 14.6. The predicted octanol–water partition coefficient (Wildman–Crippen LogP) is 1.99. The second-order valence-electron chi connectivity index (χ2n) is 4.56. The molecule has 2 aromatic heterocycles. The van der Waals surface area contributed by atoms with E-state index in [4.69, 9.17) is 10.2 Å². The number of hydrogen-bond donors (Lipinski definition) is 3. The highest BCUT2D eigenvalue weighted by Crippen LogP contribution is 2.24. The molecule has 2 heterocycles. The maximum absolute atomic E-state index is 11.2. The Hall–Kier alpha value is -3.36. The molecule has 118 valence electrons. The van der Waals surface area contributed by atoms with Crippen LogP contribution in [-0.4, -0.2) is 28.2 Å². The Morgan fingerprint density at radius 2 is 2.04 bits per heavy atom. The number of aromatic nitrogens is 3. The third-order valence-electron chi connectivity index (χ3n) is 2.97. The number of nitrogens with zero attached hydrogens (tertiary/aromatic N) is 3. The number of carbonyl (C=O) groups is 1. The average Bonchev–Trinajstić information content (AvgIpc) is 2.95. The van der Waals surface area contributed by atoms with E-state index in [1.54, 1.807) is 0 Å². The van der Waals surface area contributed by atoms with Crippen molar-refractivity contribution in [2.24, 2.45) is 0 Å². The van der Waals surface area contributed by atoms with Gasteiger partial charge in [-0.05, 0) is 5.56 Å². The summed E-state index contributed by atoms with van der Waals surface area (Å²) >= 11 is 0. The van der Waals surface area contributed by atoms with Crippen molar-refractivity contribution in [1.82, 2.24) is 15.0 Å². The van der Waals surface area contributed by atoms with Gasteiger partial charge in [-0.15, -0.1) is 0 Å². The van der Waals surface area contributed by atoms with Crippen LogP contribution in [-0.2, 0) is 11.3 Å². The van der Waals surface area contributed by atoms with Gasteiger partial charge in [0, 0.05) is 6.54 Å². The van der Waals surface area contributed by atoms with Crippen molar-refractivity contribution < 1.29 is 13.9 Å². The molecule has 1 amide bonds. The van der Waals surface area contributed by atoms with Gasteiger partial charge in [0.25, 0.3) is 5.71 Å². The van der Waals surface area contributed by atoms with Crippen molar-refractivity contribution in [2.45, 2.75) is 6.54 Å². The number of rotatable bonds is 4. The molecule has 0 aliphatic heterocycles. The van der Waals surface area contributed by atoms with Crippen molar-refractivity contribution in [3.05, 3.63) is 35.9 Å². The van der Waals surface area contributed by atoms with Gasteiger partial charge in [-0.1, -0.05) is 30.3 Å². The molecule has 0 aliphatic carbocycles. The maximum Gasteiger partial charge on any atom is 0.414 e. The van der Waals surface area contributed by atoms with Gasteiger partial charge < -0.3 is 20.2 Å². The molecular formula is C14H14N6O3. The summed E-state index contributed by atoms with van der Waals surface area (Å²) in [4.78, 5) is 23.4. The van der Waals surface area contributed by atoms with E-state index in [1.165, 1.54) is 7.11 Å². The van der Waals surface area contributed by atoms with Gasteiger partial charge in [-0.25, -0.2) is 10.1 Å². The summed E-state index contributed by atoms with van der Waals surface area (Å²) in [5.74, 6) is 0.451. The number of methoxy groups -OCH3 is 1. The fraction of sp³-hybridized carbons (Fsp3) is 0.143. The lowest BCUT2D eigenvalue weighted by Crippen LogP contribution is -2.10. The molecule has 1 aromatic carbocycles. The molecule has 0 spiro atoms. The van der Waals surface area contributed by atoms with E-state index in [-0.39, 0.29) is 17.7 Å². The first-order valence-electron chi connectivity index (χ1n) is 6.72. The van der Waals surface area contributed by atoms with Gasteiger partial charge in [0.2, 0.25) is 5.95 Å². The van der Waals surface area contributed by atoms with E-state index in [0.29, 0.717) is 17.9 Å². The van der Waals surface area contributed by atoms with Crippen LogP contribution < -0.4 is 16.4 Å². The van der Waals surface area contributed by atoms with Gasteiger partial charge >= 0.3 is 12.1 Å². The number of nitrogens with two attached hydrogens (primary N) is 1. The monoisotopic (exact) mass is 314 g/mol. The molecule has 9 nitrogen and oxygen atoms in total. The van der Waals surface area contributed by atoms with E-state index in [1.807, 2.05) is 30.3 Å². The molecule has 4 N–H and O–H groups in total. The zero-order chi connectivity index (χ0) is 16.2. The van der Waals surface area contributed by atoms with Crippen LogP contribution in [0.2, 0.25) is 0 Å². The van der Waals surface area contributed by atoms with E-state index in [9.17, 15) is 4.79 Å². The molecule has 0 unspecified atom stereocenters. The van der Waals surface area contributed by atoms with Gasteiger partial charge in [0.05, 0.1) is 7.11 Å². The van der Waals surface area contributed by atoms with E-state index in [0.717, 1.165) is 5.56 Å². The Morgan fingerprint density at radius 3 is 2.78 bits per heavy atom. The predicted molar refractivity (Wildman–Crippen MR) is 83.8 cm³/mol. The zero-order valence-electron chi connectivity index (χ0n) is 12.2. The Balaban J connectivity index is 1.88. The molecule has 0 atom stereocenters. The van der Waals surface area contributed by atoms with Crippen LogP contribution in [0, 0.1) is 0 Å². The number of fused-ring (bicyclic) bond motifs is 1. The lowest BCUT2D eigenvalue weighted by atomic mass is 10.2. The smallest absolute Gasteiger partial charge is 0.414 e. The largest absolute Gasteiger partial charge is 0.453 e. The molecule has 0 aliphatic rings. The van der Waals surface area contributed by atoms with Crippen molar-refractivity contribution in [3.63, 3.8) is 0 Å². The molecule has 0 fully saturated rings. The molecule has 9 heteroatoms. The Kier molecular flexibility index (Phi) is 3.91. The number of ether oxygens (including phenoxy) is 1. The number of nitrogens with one attached hydrogen (secondary N) is 2. The SMILES string of the molecule is COC(=O)Nc1nc2c(NCc3ccccc3)nc(N)nc2o1. The number of anilines is 3. The lowest BCUT2D eigenvalue weighted by Gasteiger charge is -2.05. The first-order chi connectivity index (χ1) is 11.2. The zero-order valence-corrected chi connectivity index (χ0v) is 12.2. The van der Waals surface area contributed by atoms with Crippen molar-refractivity contribution >= 4 is 35.1 Å². The number of carbonyl (C=O) groups excluding carboxylic acids is 1. The summed E-state index contributed by atoms with van der Waals surface area (Å²) in [6.45, 7) is 0.527. The van der Waals surface area contributed by atoms with Crippen LogP contribution in [0.25, 0.3) is 11.2 Å². The fourth-order valence-electron chi connectivity index (χ4n) is 1.94. The highest BCUT2D eigenvalue weighted by molar-refractivity contribution is 5.87. The van der Waals surface area contributed by atoms with E-state index < -0.39 is 6.09 Å². The van der Waals surface area contributed by atoms with Gasteiger partial charge in [0.1, 0.15) is 0 Å².